The summed E-state index contributed by atoms with van der Waals surface area (Å²) >= 11 is 0. The molecule has 1 amide bonds. The number of amides is 1. The second kappa shape index (κ2) is 6.27. The number of hydrogen-bond acceptors (Lipinski definition) is 3. The van der Waals surface area contributed by atoms with E-state index in [9.17, 15) is 4.79 Å². The van der Waals surface area contributed by atoms with Crippen LogP contribution in [0.4, 0.5) is 0 Å². The molecule has 1 aromatic carbocycles. The van der Waals surface area contributed by atoms with E-state index in [-0.39, 0.29) is 17.9 Å². The lowest BCUT2D eigenvalue weighted by molar-refractivity contribution is -0.122. The summed E-state index contributed by atoms with van der Waals surface area (Å²) in [6, 6.07) is 8.08. The van der Waals surface area contributed by atoms with Crippen LogP contribution in [0.5, 0.6) is 5.75 Å². The van der Waals surface area contributed by atoms with E-state index in [4.69, 9.17) is 4.74 Å². The second-order valence-corrected chi connectivity index (χ2v) is 5.79. The number of hydrogen-bond donors (Lipinski definition) is 1. The molecule has 4 heteroatoms. The molecule has 1 aliphatic rings. The summed E-state index contributed by atoms with van der Waals surface area (Å²) in [7, 11) is 5.71. The lowest BCUT2D eigenvalue weighted by Gasteiger charge is -2.26. The fourth-order valence-electron chi connectivity index (χ4n) is 2.53. The average Bonchev–Trinajstić information content (AvgIpc) is 3.16. The molecular weight excluding hydrogens is 252 g/mol. The van der Waals surface area contributed by atoms with Gasteiger partial charge in [0, 0.05) is 18.0 Å². The molecule has 110 valence electrons. The Kier molecular flexibility index (Phi) is 4.65. The molecule has 1 fully saturated rings. The van der Waals surface area contributed by atoms with E-state index >= 15 is 0 Å². The molecule has 0 heterocycles. The molecule has 0 radical (unpaired) electrons. The molecule has 0 saturated heterocycles. The number of nitrogens with one attached hydrogen (secondary N) is 1. The van der Waals surface area contributed by atoms with Crippen LogP contribution in [-0.2, 0) is 4.79 Å². The molecule has 1 N–H and O–H groups in total. The van der Waals surface area contributed by atoms with Gasteiger partial charge < -0.3 is 15.0 Å². The van der Waals surface area contributed by atoms with Crippen LogP contribution >= 0.6 is 0 Å². The first-order valence-corrected chi connectivity index (χ1v) is 7.11. The third-order valence-electron chi connectivity index (χ3n) is 4.04. The van der Waals surface area contributed by atoms with Crippen molar-refractivity contribution in [3.05, 3.63) is 29.8 Å². The van der Waals surface area contributed by atoms with Crippen molar-refractivity contribution in [2.24, 2.45) is 11.8 Å². The maximum absolute atomic E-state index is 12.0. The highest BCUT2D eigenvalue weighted by molar-refractivity contribution is 5.81. The third kappa shape index (κ3) is 3.31. The first kappa shape index (κ1) is 14.9. The Balaban J connectivity index is 2.05. The van der Waals surface area contributed by atoms with Crippen molar-refractivity contribution in [2.45, 2.75) is 19.4 Å². The molecule has 3 unspecified atom stereocenters. The van der Waals surface area contributed by atoms with Crippen LogP contribution in [0.1, 0.15) is 24.9 Å². The summed E-state index contributed by atoms with van der Waals surface area (Å²) in [5, 5.41) is 3.07. The van der Waals surface area contributed by atoms with Crippen LogP contribution in [0, 0.1) is 11.8 Å². The number of rotatable bonds is 6. The fraction of sp³-hybridized carbons (Fsp3) is 0.562. The van der Waals surface area contributed by atoms with E-state index in [0.29, 0.717) is 12.5 Å². The van der Waals surface area contributed by atoms with Crippen molar-refractivity contribution in [3.63, 3.8) is 0 Å². The summed E-state index contributed by atoms with van der Waals surface area (Å²) in [6.07, 6.45) is 1.02. The van der Waals surface area contributed by atoms with Gasteiger partial charge in [-0.15, -0.1) is 0 Å². The van der Waals surface area contributed by atoms with Gasteiger partial charge in [-0.25, -0.2) is 0 Å². The maximum atomic E-state index is 12.0. The molecule has 1 saturated carbocycles. The number of para-hydroxylation sites is 1. The minimum Gasteiger partial charge on any atom is -0.496 e. The Bertz CT molecular complexity index is 473. The van der Waals surface area contributed by atoms with Crippen LogP contribution in [0.3, 0.4) is 0 Å². The standard InChI is InChI=1S/C16H24N2O2/c1-11-9-13(11)16(19)17-10-14(18(2)3)12-7-5-6-8-15(12)20-4/h5-8,11,13-14H,9-10H2,1-4H3,(H,17,19). The molecule has 4 nitrogen and oxygen atoms in total. The van der Waals surface area contributed by atoms with Crippen molar-refractivity contribution >= 4 is 5.91 Å². The zero-order valence-electron chi connectivity index (χ0n) is 12.7. The molecule has 0 aliphatic heterocycles. The summed E-state index contributed by atoms with van der Waals surface area (Å²) in [4.78, 5) is 14.1. The highest BCUT2D eigenvalue weighted by Gasteiger charge is 2.39. The minimum atomic E-state index is 0.115. The Morgan fingerprint density at radius 1 is 1.45 bits per heavy atom. The molecular formula is C16H24N2O2. The number of nitrogens with zero attached hydrogens (tertiary/aromatic N) is 1. The van der Waals surface area contributed by atoms with Gasteiger partial charge in [-0.3, -0.25) is 4.79 Å². The molecule has 1 aliphatic carbocycles. The van der Waals surface area contributed by atoms with Gasteiger partial charge in [-0.1, -0.05) is 25.1 Å². The first-order chi connectivity index (χ1) is 9.54. The number of benzene rings is 1. The van der Waals surface area contributed by atoms with Gasteiger partial charge in [0.2, 0.25) is 5.91 Å². The third-order valence-corrected chi connectivity index (χ3v) is 4.04. The monoisotopic (exact) mass is 276 g/mol. The molecule has 1 aromatic rings. The zero-order valence-corrected chi connectivity index (χ0v) is 12.7. The average molecular weight is 276 g/mol. The molecule has 0 bridgehead atoms. The number of carbonyl (C=O) groups excluding carboxylic acids is 1. The zero-order chi connectivity index (χ0) is 14.7. The van der Waals surface area contributed by atoms with Crippen LogP contribution in [-0.4, -0.2) is 38.6 Å². The topological polar surface area (TPSA) is 41.6 Å². The van der Waals surface area contributed by atoms with Crippen molar-refractivity contribution < 1.29 is 9.53 Å². The van der Waals surface area contributed by atoms with Crippen molar-refractivity contribution in [1.82, 2.24) is 10.2 Å². The van der Waals surface area contributed by atoms with Gasteiger partial charge in [0.25, 0.3) is 0 Å². The summed E-state index contributed by atoms with van der Waals surface area (Å²) in [6.45, 7) is 2.73. The van der Waals surface area contributed by atoms with Crippen LogP contribution in [0.2, 0.25) is 0 Å². The van der Waals surface area contributed by atoms with E-state index in [1.165, 1.54) is 0 Å². The SMILES string of the molecule is COc1ccccc1C(CNC(=O)C1CC1C)N(C)C. The Hall–Kier alpha value is -1.55. The quantitative estimate of drug-likeness (QED) is 0.865. The first-order valence-electron chi connectivity index (χ1n) is 7.11. The predicted octanol–water partition coefficient (Wildman–Crippen LogP) is 2.07. The van der Waals surface area contributed by atoms with Crippen LogP contribution in [0.25, 0.3) is 0 Å². The van der Waals surface area contributed by atoms with Gasteiger partial charge in [0.05, 0.1) is 13.2 Å². The number of likely N-dealkylation sites (N-methyl/N-ethyl adjacent to an activating group) is 1. The van der Waals surface area contributed by atoms with E-state index in [1.54, 1.807) is 7.11 Å². The van der Waals surface area contributed by atoms with E-state index in [1.807, 2.05) is 32.3 Å². The summed E-state index contributed by atoms with van der Waals surface area (Å²) < 4.78 is 5.42. The van der Waals surface area contributed by atoms with Gasteiger partial charge in [-0.2, -0.15) is 0 Å². The Morgan fingerprint density at radius 3 is 2.65 bits per heavy atom. The van der Waals surface area contributed by atoms with Crippen molar-refractivity contribution in [2.75, 3.05) is 27.7 Å². The van der Waals surface area contributed by atoms with Gasteiger partial charge in [-0.05, 0) is 32.5 Å². The van der Waals surface area contributed by atoms with E-state index in [0.717, 1.165) is 17.7 Å². The lowest BCUT2D eigenvalue weighted by Crippen LogP contribution is -2.35. The molecule has 20 heavy (non-hydrogen) atoms. The van der Waals surface area contributed by atoms with Gasteiger partial charge in [0.1, 0.15) is 5.75 Å². The van der Waals surface area contributed by atoms with E-state index in [2.05, 4.69) is 23.2 Å². The Morgan fingerprint density at radius 2 is 2.10 bits per heavy atom. The van der Waals surface area contributed by atoms with Crippen LogP contribution in [0.15, 0.2) is 24.3 Å². The van der Waals surface area contributed by atoms with Crippen molar-refractivity contribution in [1.29, 1.82) is 0 Å². The fourth-order valence-corrected chi connectivity index (χ4v) is 2.53. The van der Waals surface area contributed by atoms with Gasteiger partial charge in [0.15, 0.2) is 0 Å². The van der Waals surface area contributed by atoms with Gasteiger partial charge >= 0.3 is 0 Å². The normalized spacial score (nSPS) is 22.4. The summed E-state index contributed by atoms with van der Waals surface area (Å²) in [5.74, 6) is 1.80. The highest BCUT2D eigenvalue weighted by Crippen LogP contribution is 2.37. The predicted molar refractivity (Wildman–Crippen MR) is 79.7 cm³/mol. The van der Waals surface area contributed by atoms with Crippen molar-refractivity contribution in [3.8, 4) is 5.75 Å². The minimum absolute atomic E-state index is 0.115. The molecule has 2 rings (SSSR count). The number of ether oxygens (including phenoxy) is 1. The lowest BCUT2D eigenvalue weighted by atomic mass is 10.0. The Labute approximate surface area is 121 Å². The summed E-state index contributed by atoms with van der Waals surface area (Å²) in [5.41, 5.74) is 1.10. The number of carbonyl (C=O) groups is 1. The highest BCUT2D eigenvalue weighted by atomic mass is 16.5. The smallest absolute Gasteiger partial charge is 0.223 e. The molecule has 3 atom stereocenters. The molecule has 0 aromatic heterocycles. The largest absolute Gasteiger partial charge is 0.496 e. The second-order valence-electron chi connectivity index (χ2n) is 5.79. The van der Waals surface area contributed by atoms with E-state index < -0.39 is 0 Å². The maximum Gasteiger partial charge on any atom is 0.223 e. The molecule has 0 spiro atoms. The number of methoxy groups -OCH3 is 1. The van der Waals surface area contributed by atoms with Crippen LogP contribution < -0.4 is 10.1 Å².